The van der Waals surface area contributed by atoms with E-state index in [0.717, 1.165) is 0 Å². The molecule has 4 nitrogen and oxygen atoms in total. The van der Waals surface area contributed by atoms with Crippen LogP contribution in [0.1, 0.15) is 11.1 Å². The van der Waals surface area contributed by atoms with Crippen LogP contribution in [0.25, 0.3) is 0 Å². The molecule has 1 aliphatic rings. The molecule has 1 heterocycles. The van der Waals surface area contributed by atoms with Crippen LogP contribution in [0, 0.1) is 0 Å². The van der Waals surface area contributed by atoms with Gasteiger partial charge in [-0.25, -0.2) is 8.42 Å². The second-order valence-corrected chi connectivity index (χ2v) is 6.84. The van der Waals surface area contributed by atoms with Gasteiger partial charge in [0.05, 0.1) is 4.90 Å². The Morgan fingerprint density at radius 1 is 1.30 bits per heavy atom. The first-order chi connectivity index (χ1) is 9.10. The summed E-state index contributed by atoms with van der Waals surface area (Å²) in [5, 5.41) is 0. The number of alkyl halides is 3. The van der Waals surface area contributed by atoms with Crippen molar-refractivity contribution in [2.45, 2.75) is 24.0 Å². The number of hydrogen-bond donors (Lipinski definition) is 0. The van der Waals surface area contributed by atoms with Crippen molar-refractivity contribution in [3.8, 4) is 0 Å². The molecular formula is C11H9ClF3NO3S. The normalized spacial score (nSPS) is 15.9. The van der Waals surface area contributed by atoms with Crippen molar-refractivity contribution in [2.24, 2.45) is 0 Å². The number of carbonyl (C=O) groups is 1. The third kappa shape index (κ3) is 2.90. The number of fused-ring (bicyclic) bond motifs is 1. The first-order valence-electron chi connectivity index (χ1n) is 5.52. The number of amides is 1. The van der Waals surface area contributed by atoms with Gasteiger partial charge in [0.15, 0.2) is 0 Å². The summed E-state index contributed by atoms with van der Waals surface area (Å²) in [5.41, 5.74) is 0.726. The second kappa shape index (κ2) is 4.92. The van der Waals surface area contributed by atoms with Crippen molar-refractivity contribution in [3.05, 3.63) is 29.3 Å². The van der Waals surface area contributed by atoms with E-state index in [-0.39, 0.29) is 23.4 Å². The van der Waals surface area contributed by atoms with Crippen LogP contribution in [0.15, 0.2) is 23.1 Å². The fourth-order valence-corrected chi connectivity index (χ4v) is 3.30. The molecule has 0 saturated carbocycles. The van der Waals surface area contributed by atoms with Crippen LogP contribution >= 0.6 is 10.7 Å². The number of benzene rings is 1. The molecule has 0 aromatic heterocycles. The zero-order valence-electron chi connectivity index (χ0n) is 9.95. The SMILES string of the molecule is O=C(N1CCc2cccc(S(=O)(=O)Cl)c2C1)C(F)(F)F. The van der Waals surface area contributed by atoms with E-state index in [0.29, 0.717) is 10.5 Å². The standard InChI is InChI=1S/C11H9ClF3NO3S/c12-20(18,19)9-3-1-2-7-4-5-16(6-8(7)9)10(17)11(13,14)15/h1-3H,4-6H2. The maximum atomic E-state index is 12.4. The molecule has 0 spiro atoms. The molecule has 9 heteroatoms. The monoisotopic (exact) mass is 327 g/mol. The molecule has 1 amide bonds. The molecule has 1 aromatic rings. The Balaban J connectivity index is 2.41. The third-order valence-corrected chi connectivity index (χ3v) is 4.43. The van der Waals surface area contributed by atoms with Gasteiger partial charge in [-0.05, 0) is 23.6 Å². The first kappa shape index (κ1) is 15.1. The minimum Gasteiger partial charge on any atom is -0.330 e. The molecule has 0 radical (unpaired) electrons. The highest BCUT2D eigenvalue weighted by atomic mass is 35.7. The van der Waals surface area contributed by atoms with Gasteiger partial charge in [-0.15, -0.1) is 0 Å². The summed E-state index contributed by atoms with van der Waals surface area (Å²) in [6, 6.07) is 4.29. The van der Waals surface area contributed by atoms with Crippen molar-refractivity contribution in [2.75, 3.05) is 6.54 Å². The lowest BCUT2D eigenvalue weighted by molar-refractivity contribution is -0.186. The number of nitrogens with zero attached hydrogens (tertiary/aromatic N) is 1. The Kier molecular flexibility index (Phi) is 3.72. The third-order valence-electron chi connectivity index (χ3n) is 3.02. The van der Waals surface area contributed by atoms with E-state index in [1.807, 2.05) is 0 Å². The van der Waals surface area contributed by atoms with Crippen LogP contribution in [0.3, 0.4) is 0 Å². The van der Waals surface area contributed by atoms with E-state index >= 15 is 0 Å². The molecule has 0 saturated heterocycles. The minimum absolute atomic E-state index is 0.114. The van der Waals surface area contributed by atoms with Crippen LogP contribution < -0.4 is 0 Å². The first-order valence-corrected chi connectivity index (χ1v) is 7.83. The predicted octanol–water partition coefficient (Wildman–Crippen LogP) is 2.06. The lowest BCUT2D eigenvalue weighted by atomic mass is 10.00. The van der Waals surface area contributed by atoms with Gasteiger partial charge in [-0.1, -0.05) is 12.1 Å². The lowest BCUT2D eigenvalue weighted by Gasteiger charge is -2.30. The second-order valence-electron chi connectivity index (χ2n) is 4.31. The van der Waals surface area contributed by atoms with Crippen LogP contribution in [-0.2, 0) is 26.8 Å². The Hall–Kier alpha value is -1.28. The summed E-state index contributed by atoms with van der Waals surface area (Å²) >= 11 is 0. The number of halogens is 4. The summed E-state index contributed by atoms with van der Waals surface area (Å²) in [6.45, 7) is -0.535. The Morgan fingerprint density at radius 2 is 1.95 bits per heavy atom. The molecule has 1 aliphatic heterocycles. The van der Waals surface area contributed by atoms with E-state index in [1.54, 1.807) is 6.07 Å². The van der Waals surface area contributed by atoms with Crippen LogP contribution in [0.5, 0.6) is 0 Å². The quantitative estimate of drug-likeness (QED) is 0.742. The summed E-state index contributed by atoms with van der Waals surface area (Å²) in [4.78, 5) is 11.5. The summed E-state index contributed by atoms with van der Waals surface area (Å²) < 4.78 is 60.1. The van der Waals surface area contributed by atoms with Gasteiger partial charge in [0.2, 0.25) is 0 Å². The van der Waals surface area contributed by atoms with Crippen LogP contribution in [0.2, 0.25) is 0 Å². The molecule has 110 valence electrons. The molecule has 0 aliphatic carbocycles. The van der Waals surface area contributed by atoms with Crippen LogP contribution in [0.4, 0.5) is 13.2 Å². The van der Waals surface area contributed by atoms with Gasteiger partial charge in [-0.2, -0.15) is 13.2 Å². The molecule has 2 rings (SSSR count). The van der Waals surface area contributed by atoms with Gasteiger partial charge in [-0.3, -0.25) is 4.79 Å². The van der Waals surface area contributed by atoms with E-state index in [1.165, 1.54) is 12.1 Å². The average Bonchev–Trinajstić information content (AvgIpc) is 2.34. The molecule has 1 aromatic carbocycles. The summed E-state index contributed by atoms with van der Waals surface area (Å²) in [6.07, 6.45) is -4.83. The highest BCUT2D eigenvalue weighted by Gasteiger charge is 2.43. The molecule has 0 bridgehead atoms. The summed E-state index contributed by atoms with van der Waals surface area (Å²) in [7, 11) is 1.18. The molecule has 0 atom stereocenters. The van der Waals surface area contributed by atoms with Crippen LogP contribution in [-0.4, -0.2) is 31.9 Å². The Labute approximate surface area is 117 Å². The van der Waals surface area contributed by atoms with E-state index in [4.69, 9.17) is 10.7 Å². The fraction of sp³-hybridized carbons (Fsp3) is 0.364. The van der Waals surface area contributed by atoms with Gasteiger partial charge in [0.1, 0.15) is 0 Å². The van der Waals surface area contributed by atoms with Gasteiger partial charge in [0, 0.05) is 23.8 Å². The zero-order chi connectivity index (χ0) is 15.1. The van der Waals surface area contributed by atoms with Crippen molar-refractivity contribution in [1.29, 1.82) is 0 Å². The fourth-order valence-electron chi connectivity index (χ4n) is 2.13. The van der Waals surface area contributed by atoms with Gasteiger partial charge >= 0.3 is 12.1 Å². The minimum atomic E-state index is -4.98. The highest BCUT2D eigenvalue weighted by Crippen LogP contribution is 2.30. The van der Waals surface area contributed by atoms with E-state index < -0.39 is 27.7 Å². The van der Waals surface area contributed by atoms with Gasteiger partial charge in [0.25, 0.3) is 9.05 Å². The molecule has 0 fully saturated rings. The van der Waals surface area contributed by atoms with Crippen molar-refractivity contribution in [1.82, 2.24) is 4.90 Å². The van der Waals surface area contributed by atoms with Crippen molar-refractivity contribution in [3.63, 3.8) is 0 Å². The molecule has 0 unspecified atom stereocenters. The Morgan fingerprint density at radius 3 is 2.50 bits per heavy atom. The maximum Gasteiger partial charge on any atom is 0.471 e. The summed E-state index contributed by atoms with van der Waals surface area (Å²) in [5.74, 6) is -1.98. The molecular weight excluding hydrogens is 319 g/mol. The molecule has 20 heavy (non-hydrogen) atoms. The number of hydrogen-bond acceptors (Lipinski definition) is 3. The van der Waals surface area contributed by atoms with Gasteiger partial charge < -0.3 is 4.90 Å². The smallest absolute Gasteiger partial charge is 0.330 e. The van der Waals surface area contributed by atoms with E-state index in [9.17, 15) is 26.4 Å². The number of rotatable bonds is 1. The highest BCUT2D eigenvalue weighted by molar-refractivity contribution is 8.13. The maximum absolute atomic E-state index is 12.4. The topological polar surface area (TPSA) is 54.5 Å². The predicted molar refractivity (Wildman–Crippen MR) is 64.7 cm³/mol. The zero-order valence-corrected chi connectivity index (χ0v) is 11.5. The van der Waals surface area contributed by atoms with E-state index in [2.05, 4.69) is 0 Å². The lowest BCUT2D eigenvalue weighted by Crippen LogP contribution is -2.44. The molecule has 0 N–H and O–H groups in total. The average molecular weight is 328 g/mol. The van der Waals surface area contributed by atoms with Crippen molar-refractivity contribution >= 4 is 25.6 Å². The number of carbonyl (C=O) groups excluding carboxylic acids is 1. The largest absolute Gasteiger partial charge is 0.471 e. The van der Waals surface area contributed by atoms with Crippen molar-refractivity contribution < 1.29 is 26.4 Å². The Bertz CT molecular complexity index is 657.